The Balaban J connectivity index is 1.65. The average molecular weight is 609 g/mol. The molecule has 1 aliphatic rings. The molecule has 3 unspecified atom stereocenters. The highest BCUT2D eigenvalue weighted by Gasteiger charge is 2.48. The number of aliphatic hydroxyl groups is 4. The zero-order chi connectivity index (χ0) is 31.8. The lowest BCUT2D eigenvalue weighted by molar-refractivity contribution is -0.282. The third kappa shape index (κ3) is 6.58. The van der Waals surface area contributed by atoms with Crippen LogP contribution in [-0.4, -0.2) is 101 Å². The van der Waals surface area contributed by atoms with Gasteiger partial charge in [-0.25, -0.2) is 0 Å². The van der Waals surface area contributed by atoms with Crippen molar-refractivity contribution in [1.29, 1.82) is 0 Å². The molecule has 1 aliphatic heterocycles. The van der Waals surface area contributed by atoms with Crippen molar-refractivity contribution in [3.8, 4) is 40.1 Å². The highest BCUT2D eigenvalue weighted by molar-refractivity contribution is 5.89. The van der Waals surface area contributed by atoms with Gasteiger partial charge in [0.2, 0.25) is 12.0 Å². The lowest BCUT2D eigenvalue weighted by atomic mass is 9.97. The van der Waals surface area contributed by atoms with Gasteiger partial charge in [0.1, 0.15) is 28.9 Å². The van der Waals surface area contributed by atoms with Crippen molar-refractivity contribution in [1.82, 2.24) is 0 Å². The van der Waals surface area contributed by atoms with Gasteiger partial charge in [-0.15, -0.1) is 0 Å². The van der Waals surface area contributed by atoms with E-state index in [1.807, 2.05) is 0 Å². The van der Waals surface area contributed by atoms with Crippen LogP contribution >= 0.6 is 0 Å². The van der Waals surface area contributed by atoms with Gasteiger partial charge in [-0.05, 0) is 25.1 Å². The molecule has 1 saturated heterocycles. The zero-order valence-electron chi connectivity index (χ0n) is 22.3. The summed E-state index contributed by atoms with van der Waals surface area (Å²) in [5.74, 6) is -6.27. The third-order valence-electron chi connectivity index (χ3n) is 6.58. The van der Waals surface area contributed by atoms with Crippen molar-refractivity contribution in [2.24, 2.45) is 0 Å². The Morgan fingerprint density at radius 2 is 1.67 bits per heavy atom. The van der Waals surface area contributed by atoms with Crippen LogP contribution in [0.3, 0.4) is 0 Å². The first kappa shape index (κ1) is 31.3. The van der Waals surface area contributed by atoms with Crippen LogP contribution in [0.5, 0.6) is 28.7 Å². The zero-order valence-corrected chi connectivity index (χ0v) is 22.3. The lowest BCUT2D eigenvalue weighted by Gasteiger charge is -2.41. The van der Waals surface area contributed by atoms with E-state index in [9.17, 15) is 55.2 Å². The number of aliphatic carboxylic acids is 1. The number of phenolic OH excluding ortho intramolecular Hbond substituents is 4. The molecule has 2 heterocycles. The molecule has 1 aromatic heterocycles. The topological polar surface area (TPSA) is 274 Å². The number of carboxylic acids is 1. The van der Waals surface area contributed by atoms with Crippen LogP contribution in [0, 0.1) is 0 Å². The van der Waals surface area contributed by atoms with Gasteiger partial charge in [0, 0.05) is 17.7 Å². The number of aliphatic hydroxyl groups excluding tert-OH is 3. The van der Waals surface area contributed by atoms with Crippen LogP contribution in [0.15, 0.2) is 39.5 Å². The smallest absolute Gasteiger partial charge is 0.309 e. The van der Waals surface area contributed by atoms with Gasteiger partial charge in [0.25, 0.3) is 0 Å². The largest absolute Gasteiger partial charge is 0.504 e. The molecule has 0 saturated carbocycles. The maximum Gasteiger partial charge on any atom is 0.309 e. The molecule has 1 fully saturated rings. The lowest BCUT2D eigenvalue weighted by Crippen LogP contribution is -2.61. The van der Waals surface area contributed by atoms with Crippen molar-refractivity contribution >= 4 is 22.9 Å². The Hall–Kier alpha value is -4.61. The second kappa shape index (κ2) is 11.9. The summed E-state index contributed by atoms with van der Waals surface area (Å²) < 4.78 is 21.6. The first-order valence-corrected chi connectivity index (χ1v) is 12.6. The Labute approximate surface area is 240 Å². The number of esters is 1. The minimum Gasteiger partial charge on any atom is -0.504 e. The molecule has 0 radical (unpaired) electrons. The number of carbonyl (C=O) groups is 2. The van der Waals surface area contributed by atoms with E-state index < -0.39 is 107 Å². The summed E-state index contributed by atoms with van der Waals surface area (Å²) in [5, 5.41) is 90.1. The predicted molar refractivity (Wildman–Crippen MR) is 140 cm³/mol. The Bertz CT molecular complexity index is 1590. The van der Waals surface area contributed by atoms with Crippen molar-refractivity contribution in [2.45, 2.75) is 56.1 Å². The molecule has 232 valence electrons. The van der Waals surface area contributed by atoms with Gasteiger partial charge < -0.3 is 64.6 Å². The van der Waals surface area contributed by atoms with Crippen LogP contribution in [0.1, 0.15) is 19.8 Å². The third-order valence-corrected chi connectivity index (χ3v) is 6.58. The van der Waals surface area contributed by atoms with E-state index in [4.69, 9.17) is 23.7 Å². The van der Waals surface area contributed by atoms with Gasteiger partial charge in [-0.3, -0.25) is 14.4 Å². The van der Waals surface area contributed by atoms with Crippen molar-refractivity contribution in [3.63, 3.8) is 0 Å². The number of aromatic hydroxyl groups is 4. The molecule has 0 amide bonds. The number of benzene rings is 2. The molecule has 4 rings (SSSR count). The number of hydrogen-bond donors (Lipinski definition) is 9. The van der Waals surface area contributed by atoms with E-state index in [2.05, 4.69) is 0 Å². The summed E-state index contributed by atoms with van der Waals surface area (Å²) in [6.07, 6.45) is -10.7. The first-order chi connectivity index (χ1) is 20.1. The van der Waals surface area contributed by atoms with E-state index >= 15 is 0 Å². The van der Waals surface area contributed by atoms with Gasteiger partial charge in [0.15, 0.2) is 40.6 Å². The van der Waals surface area contributed by atoms with Gasteiger partial charge >= 0.3 is 11.9 Å². The van der Waals surface area contributed by atoms with Crippen molar-refractivity contribution in [3.05, 3.63) is 40.6 Å². The molecule has 3 aromatic rings. The predicted octanol–water partition coefficient (Wildman–Crippen LogP) is -0.372. The minimum atomic E-state index is -2.04. The minimum absolute atomic E-state index is 0.119. The van der Waals surface area contributed by atoms with E-state index in [0.29, 0.717) is 0 Å². The fourth-order valence-corrected chi connectivity index (χ4v) is 4.49. The number of ether oxygens (including phenoxy) is 3. The number of carboxylic acid groups (broad SMARTS) is 1. The maximum absolute atomic E-state index is 12.8. The number of phenols is 4. The molecule has 43 heavy (non-hydrogen) atoms. The highest BCUT2D eigenvalue weighted by Crippen LogP contribution is 2.43. The van der Waals surface area contributed by atoms with E-state index in [0.717, 1.165) is 31.2 Å². The molecule has 16 heteroatoms. The van der Waals surface area contributed by atoms with Crippen LogP contribution < -0.4 is 10.2 Å². The average Bonchev–Trinajstić information content (AvgIpc) is 2.91. The summed E-state index contributed by atoms with van der Waals surface area (Å²) in [5.41, 5.74) is -3.03. The van der Waals surface area contributed by atoms with Crippen LogP contribution in [0.25, 0.3) is 22.3 Å². The molecular formula is C27H28O16. The Morgan fingerprint density at radius 1 is 0.977 bits per heavy atom. The van der Waals surface area contributed by atoms with Gasteiger partial charge in [0.05, 0.1) is 25.0 Å². The monoisotopic (exact) mass is 608 g/mol. The SMILES string of the molecule is CC(O)(CC(=O)O)CC(=O)O[C@@H]1C(O)[C@H](Oc2cc3oc(-c4ccc(O)c(O)c4)cc(=O)c3c(O)c2O)OC(CO)[C@H]1O. The molecule has 0 bridgehead atoms. The highest BCUT2D eigenvalue weighted by atomic mass is 16.7. The number of hydrogen-bond acceptors (Lipinski definition) is 15. The van der Waals surface area contributed by atoms with Gasteiger partial charge in [-0.2, -0.15) is 0 Å². The first-order valence-electron chi connectivity index (χ1n) is 12.6. The molecule has 0 spiro atoms. The van der Waals surface area contributed by atoms with Crippen LogP contribution in [-0.2, 0) is 19.1 Å². The summed E-state index contributed by atoms with van der Waals surface area (Å²) >= 11 is 0. The molecule has 6 atom stereocenters. The van der Waals surface area contributed by atoms with Crippen LogP contribution in [0.2, 0.25) is 0 Å². The molecule has 0 aliphatic carbocycles. The Kier molecular flexibility index (Phi) is 8.70. The number of rotatable bonds is 9. The molecule has 16 nitrogen and oxygen atoms in total. The molecule has 2 aromatic carbocycles. The van der Waals surface area contributed by atoms with Gasteiger partial charge in [-0.1, -0.05) is 0 Å². The molecule has 9 N–H and O–H groups in total. The van der Waals surface area contributed by atoms with E-state index in [1.165, 1.54) is 6.07 Å². The summed E-state index contributed by atoms with van der Waals surface area (Å²) in [6, 6.07) is 5.48. The fourth-order valence-electron chi connectivity index (χ4n) is 4.49. The maximum atomic E-state index is 12.8. The van der Waals surface area contributed by atoms with Crippen molar-refractivity contribution in [2.75, 3.05) is 6.61 Å². The normalized spacial score (nSPS) is 23.4. The van der Waals surface area contributed by atoms with Crippen LogP contribution in [0.4, 0.5) is 0 Å². The fraction of sp³-hybridized carbons (Fsp3) is 0.370. The van der Waals surface area contributed by atoms with Crippen molar-refractivity contribution < 1.29 is 74.2 Å². The van der Waals surface area contributed by atoms with E-state index in [1.54, 1.807) is 0 Å². The number of fused-ring (bicyclic) bond motifs is 1. The summed E-state index contributed by atoms with van der Waals surface area (Å²) in [4.78, 5) is 36.1. The standard InChI is InChI=1S/C27H28O16/c1-27(39,7-18(32)33)8-19(34)43-25-22(36)17(9-28)42-26(24(25)38)41-16-6-15-20(23(37)21(16)35)13(31)5-14(40-15)10-2-3-11(29)12(30)4-10/h2-6,17,22,24-26,28-30,35-39H,7-9H2,1H3,(H,32,33)/t17?,22-,24?,25+,26-,27?/m1/s1. The molecular weight excluding hydrogens is 580 g/mol. The summed E-state index contributed by atoms with van der Waals surface area (Å²) in [7, 11) is 0. The second-order valence-electron chi connectivity index (χ2n) is 10.1. The summed E-state index contributed by atoms with van der Waals surface area (Å²) in [6.45, 7) is 0.190. The second-order valence-corrected chi connectivity index (χ2v) is 10.1. The quantitative estimate of drug-likeness (QED) is 0.111. The number of carbonyl (C=O) groups excluding carboxylic acids is 1. The van der Waals surface area contributed by atoms with E-state index in [-0.39, 0.29) is 16.9 Å². The Morgan fingerprint density at radius 3 is 2.30 bits per heavy atom.